The molecule has 0 atom stereocenters. The number of nitrogens with one attached hydrogen (secondary N) is 2. The summed E-state index contributed by atoms with van der Waals surface area (Å²) in [5, 5.41) is 11.3. The van der Waals surface area contributed by atoms with E-state index < -0.39 is 10.0 Å². The molecule has 0 radical (unpaired) electrons. The molecule has 0 spiro atoms. The van der Waals surface area contributed by atoms with Crippen LogP contribution in [0.15, 0.2) is 23.1 Å². The SMILES string of the molecule is CCNC(=O)c1cc(S(=O)(=O)NCCO)ccc1C. The van der Waals surface area contributed by atoms with Gasteiger partial charge in [-0.2, -0.15) is 0 Å². The van der Waals surface area contributed by atoms with Gasteiger partial charge < -0.3 is 10.4 Å². The van der Waals surface area contributed by atoms with E-state index in [1.54, 1.807) is 19.9 Å². The van der Waals surface area contributed by atoms with Crippen molar-refractivity contribution in [2.75, 3.05) is 19.7 Å². The normalized spacial score (nSPS) is 11.3. The number of hydrogen-bond acceptors (Lipinski definition) is 4. The van der Waals surface area contributed by atoms with Crippen molar-refractivity contribution in [1.82, 2.24) is 10.0 Å². The average molecular weight is 286 g/mol. The third-order valence-corrected chi connectivity index (χ3v) is 3.96. The fourth-order valence-electron chi connectivity index (χ4n) is 1.53. The van der Waals surface area contributed by atoms with Gasteiger partial charge in [0, 0.05) is 18.7 Å². The van der Waals surface area contributed by atoms with Crippen LogP contribution in [0.4, 0.5) is 0 Å². The van der Waals surface area contributed by atoms with E-state index in [0.717, 1.165) is 0 Å². The van der Waals surface area contributed by atoms with E-state index in [-0.39, 0.29) is 24.0 Å². The lowest BCUT2D eigenvalue weighted by Gasteiger charge is -2.10. The number of rotatable bonds is 6. The maximum atomic E-state index is 11.9. The lowest BCUT2D eigenvalue weighted by molar-refractivity contribution is 0.0955. The molecule has 0 bridgehead atoms. The molecule has 7 heteroatoms. The molecule has 1 aromatic carbocycles. The van der Waals surface area contributed by atoms with Crippen LogP contribution in [0.1, 0.15) is 22.8 Å². The molecule has 0 aliphatic rings. The van der Waals surface area contributed by atoms with E-state index in [4.69, 9.17) is 5.11 Å². The molecule has 0 aliphatic heterocycles. The van der Waals surface area contributed by atoms with Gasteiger partial charge in [-0.15, -0.1) is 0 Å². The highest BCUT2D eigenvalue weighted by Crippen LogP contribution is 2.15. The number of carbonyl (C=O) groups excluding carboxylic acids is 1. The summed E-state index contributed by atoms with van der Waals surface area (Å²) in [7, 11) is -3.70. The standard InChI is InChI=1S/C12H18N2O4S/c1-3-13-12(16)11-8-10(5-4-9(11)2)19(17,18)14-6-7-15/h4-5,8,14-15H,3,6-7H2,1-2H3,(H,13,16). The quantitative estimate of drug-likeness (QED) is 0.687. The molecule has 6 nitrogen and oxygen atoms in total. The number of benzene rings is 1. The number of aryl methyl sites for hydroxylation is 1. The van der Waals surface area contributed by atoms with Gasteiger partial charge in [-0.05, 0) is 31.5 Å². The molecule has 1 aromatic rings. The van der Waals surface area contributed by atoms with E-state index in [1.165, 1.54) is 12.1 Å². The molecule has 0 saturated carbocycles. The molecule has 0 fully saturated rings. The number of aliphatic hydroxyl groups is 1. The third-order valence-electron chi connectivity index (χ3n) is 2.51. The number of aliphatic hydroxyl groups excluding tert-OH is 1. The van der Waals surface area contributed by atoms with Crippen LogP contribution in [-0.2, 0) is 10.0 Å². The topological polar surface area (TPSA) is 95.5 Å². The fourth-order valence-corrected chi connectivity index (χ4v) is 2.58. The summed E-state index contributed by atoms with van der Waals surface area (Å²) >= 11 is 0. The highest BCUT2D eigenvalue weighted by molar-refractivity contribution is 7.89. The van der Waals surface area contributed by atoms with Crippen LogP contribution < -0.4 is 10.0 Å². The Balaban J connectivity index is 3.12. The Bertz CT molecular complexity index is 555. The molecule has 1 amide bonds. The zero-order chi connectivity index (χ0) is 14.5. The van der Waals surface area contributed by atoms with Crippen LogP contribution in [0.3, 0.4) is 0 Å². The van der Waals surface area contributed by atoms with Crippen molar-refractivity contribution < 1.29 is 18.3 Å². The van der Waals surface area contributed by atoms with Crippen LogP contribution in [-0.4, -0.2) is 39.1 Å². The van der Waals surface area contributed by atoms with Crippen LogP contribution in [0, 0.1) is 6.92 Å². The van der Waals surface area contributed by atoms with Crippen LogP contribution in [0.2, 0.25) is 0 Å². The Hall–Kier alpha value is -1.44. The van der Waals surface area contributed by atoms with E-state index in [0.29, 0.717) is 17.7 Å². The first kappa shape index (κ1) is 15.6. The molecule has 0 aromatic heterocycles. The summed E-state index contributed by atoms with van der Waals surface area (Å²) in [5.74, 6) is -0.306. The largest absolute Gasteiger partial charge is 0.395 e. The molecule has 1 rings (SSSR count). The van der Waals surface area contributed by atoms with E-state index in [9.17, 15) is 13.2 Å². The minimum absolute atomic E-state index is 0.00723. The van der Waals surface area contributed by atoms with Crippen molar-refractivity contribution in [3.8, 4) is 0 Å². The van der Waals surface area contributed by atoms with Crippen molar-refractivity contribution in [3.63, 3.8) is 0 Å². The lowest BCUT2D eigenvalue weighted by atomic mass is 10.1. The Morgan fingerprint density at radius 3 is 2.63 bits per heavy atom. The number of sulfonamides is 1. The molecule has 19 heavy (non-hydrogen) atoms. The van der Waals surface area contributed by atoms with Gasteiger partial charge in [-0.25, -0.2) is 13.1 Å². The second-order valence-corrected chi connectivity index (χ2v) is 5.72. The van der Waals surface area contributed by atoms with Gasteiger partial charge in [0.15, 0.2) is 0 Å². The van der Waals surface area contributed by atoms with Crippen molar-refractivity contribution in [1.29, 1.82) is 0 Å². The molecule has 0 aliphatic carbocycles. The first-order chi connectivity index (χ1) is 8.92. The van der Waals surface area contributed by atoms with E-state index >= 15 is 0 Å². The number of hydrogen-bond donors (Lipinski definition) is 3. The lowest BCUT2D eigenvalue weighted by Crippen LogP contribution is -2.28. The van der Waals surface area contributed by atoms with E-state index in [1.807, 2.05) is 0 Å². The molecule has 106 valence electrons. The number of amides is 1. The van der Waals surface area contributed by atoms with Crippen LogP contribution in [0.5, 0.6) is 0 Å². The Kier molecular flexibility index (Phi) is 5.46. The first-order valence-electron chi connectivity index (χ1n) is 5.91. The zero-order valence-corrected chi connectivity index (χ0v) is 11.8. The van der Waals surface area contributed by atoms with Crippen molar-refractivity contribution in [2.45, 2.75) is 18.7 Å². The second-order valence-electron chi connectivity index (χ2n) is 3.96. The Morgan fingerprint density at radius 2 is 2.05 bits per heavy atom. The monoisotopic (exact) mass is 286 g/mol. The third kappa shape index (κ3) is 4.02. The molecular weight excluding hydrogens is 268 g/mol. The van der Waals surface area contributed by atoms with Crippen LogP contribution in [0.25, 0.3) is 0 Å². The molecule has 0 unspecified atom stereocenters. The Labute approximate surface area is 112 Å². The minimum atomic E-state index is -3.70. The Morgan fingerprint density at radius 1 is 1.37 bits per heavy atom. The van der Waals surface area contributed by atoms with Gasteiger partial charge in [0.25, 0.3) is 5.91 Å². The minimum Gasteiger partial charge on any atom is -0.395 e. The summed E-state index contributed by atoms with van der Waals surface area (Å²) in [5.41, 5.74) is 1.03. The van der Waals surface area contributed by atoms with Crippen molar-refractivity contribution >= 4 is 15.9 Å². The van der Waals surface area contributed by atoms with Gasteiger partial charge >= 0.3 is 0 Å². The maximum absolute atomic E-state index is 11.9. The smallest absolute Gasteiger partial charge is 0.251 e. The van der Waals surface area contributed by atoms with Crippen molar-refractivity contribution in [2.24, 2.45) is 0 Å². The fraction of sp³-hybridized carbons (Fsp3) is 0.417. The summed E-state index contributed by atoms with van der Waals surface area (Å²) in [6.07, 6.45) is 0. The summed E-state index contributed by atoms with van der Waals surface area (Å²) in [6.45, 7) is 3.65. The average Bonchev–Trinajstić information content (AvgIpc) is 2.37. The molecule has 0 heterocycles. The molecule has 3 N–H and O–H groups in total. The summed E-state index contributed by atoms with van der Waals surface area (Å²) in [6, 6.07) is 4.34. The number of carbonyl (C=O) groups is 1. The predicted molar refractivity (Wildman–Crippen MR) is 71.5 cm³/mol. The maximum Gasteiger partial charge on any atom is 0.251 e. The zero-order valence-electron chi connectivity index (χ0n) is 10.9. The van der Waals surface area contributed by atoms with Gasteiger partial charge in [-0.3, -0.25) is 4.79 Å². The van der Waals surface area contributed by atoms with Gasteiger partial charge in [0.05, 0.1) is 11.5 Å². The summed E-state index contributed by atoms with van der Waals surface area (Å²) in [4.78, 5) is 11.8. The second kappa shape index (κ2) is 6.65. The van der Waals surface area contributed by atoms with E-state index in [2.05, 4.69) is 10.0 Å². The predicted octanol–water partition coefficient (Wildman–Crippen LogP) is 0.0153. The highest BCUT2D eigenvalue weighted by Gasteiger charge is 2.17. The van der Waals surface area contributed by atoms with Gasteiger partial charge in [0.1, 0.15) is 0 Å². The molecular formula is C12H18N2O4S. The molecule has 0 saturated heterocycles. The summed E-state index contributed by atoms with van der Waals surface area (Å²) < 4.78 is 26.0. The van der Waals surface area contributed by atoms with Crippen molar-refractivity contribution in [3.05, 3.63) is 29.3 Å². The van der Waals surface area contributed by atoms with Gasteiger partial charge in [0.2, 0.25) is 10.0 Å². The van der Waals surface area contributed by atoms with Gasteiger partial charge in [-0.1, -0.05) is 6.07 Å². The first-order valence-corrected chi connectivity index (χ1v) is 7.40. The van der Waals surface area contributed by atoms with Crippen LogP contribution >= 0.6 is 0 Å². The highest BCUT2D eigenvalue weighted by atomic mass is 32.2.